The molecule has 1 unspecified atom stereocenters. The molecule has 0 spiro atoms. The van der Waals surface area contributed by atoms with E-state index in [0.717, 1.165) is 29.8 Å². The third kappa shape index (κ3) is 3.11. The first kappa shape index (κ1) is 12.6. The summed E-state index contributed by atoms with van der Waals surface area (Å²) in [4.78, 5) is 7.05. The Kier molecular flexibility index (Phi) is 3.99. The van der Waals surface area contributed by atoms with Gasteiger partial charge in [-0.2, -0.15) is 0 Å². The van der Waals surface area contributed by atoms with E-state index >= 15 is 0 Å². The maximum Gasteiger partial charge on any atom is 0.120 e. The average Bonchev–Trinajstić information content (AvgIpc) is 2.85. The molecule has 18 heavy (non-hydrogen) atoms. The number of hydrogen-bond donors (Lipinski definition) is 3. The molecule has 0 aliphatic rings. The van der Waals surface area contributed by atoms with Crippen molar-refractivity contribution in [3.63, 3.8) is 0 Å². The van der Waals surface area contributed by atoms with E-state index in [1.54, 1.807) is 12.4 Å². The molecule has 4 nitrogen and oxygen atoms in total. The monoisotopic (exact) mass is 245 g/mol. The number of benzene rings is 1. The fourth-order valence-corrected chi connectivity index (χ4v) is 1.98. The second-order valence-electron chi connectivity index (χ2n) is 4.56. The third-order valence-corrected chi connectivity index (χ3v) is 3.05. The summed E-state index contributed by atoms with van der Waals surface area (Å²) in [5.41, 5.74) is 3.22. The van der Waals surface area contributed by atoms with Gasteiger partial charge in [0.2, 0.25) is 0 Å². The lowest BCUT2D eigenvalue weighted by Gasteiger charge is -2.16. The molecule has 0 saturated heterocycles. The molecular weight excluding hydrogens is 226 g/mol. The molecule has 0 bridgehead atoms. The summed E-state index contributed by atoms with van der Waals surface area (Å²) < 4.78 is 0. The van der Waals surface area contributed by atoms with Gasteiger partial charge < -0.3 is 15.4 Å². The number of nitrogens with zero attached hydrogens (tertiary/aromatic N) is 1. The van der Waals surface area contributed by atoms with Gasteiger partial charge in [-0.25, -0.2) is 4.98 Å². The van der Waals surface area contributed by atoms with Gasteiger partial charge in [-0.3, -0.25) is 0 Å². The Morgan fingerprint density at radius 3 is 3.00 bits per heavy atom. The highest BCUT2D eigenvalue weighted by Gasteiger charge is 2.09. The van der Waals surface area contributed by atoms with Crippen molar-refractivity contribution in [3.8, 4) is 5.75 Å². The normalized spacial score (nSPS) is 12.6. The van der Waals surface area contributed by atoms with E-state index < -0.39 is 0 Å². The average molecular weight is 245 g/mol. The largest absolute Gasteiger partial charge is 0.508 e. The van der Waals surface area contributed by atoms with Crippen molar-refractivity contribution < 1.29 is 5.11 Å². The van der Waals surface area contributed by atoms with Crippen molar-refractivity contribution in [2.24, 2.45) is 0 Å². The van der Waals surface area contributed by atoms with Crippen LogP contribution >= 0.6 is 0 Å². The predicted octanol–water partition coefficient (Wildman–Crippen LogP) is 2.32. The summed E-state index contributed by atoms with van der Waals surface area (Å²) >= 11 is 0. The fraction of sp³-hybridized carbons (Fsp3) is 0.357. The fourth-order valence-electron chi connectivity index (χ4n) is 1.98. The second kappa shape index (κ2) is 5.69. The van der Waals surface area contributed by atoms with Crippen LogP contribution in [-0.4, -0.2) is 21.6 Å². The van der Waals surface area contributed by atoms with Crippen molar-refractivity contribution in [1.82, 2.24) is 15.3 Å². The van der Waals surface area contributed by atoms with Crippen LogP contribution in [0.25, 0.3) is 0 Å². The number of rotatable bonds is 5. The molecule has 2 rings (SSSR count). The molecule has 0 aliphatic heterocycles. The molecule has 1 aromatic heterocycles. The van der Waals surface area contributed by atoms with E-state index in [2.05, 4.69) is 22.2 Å². The van der Waals surface area contributed by atoms with Crippen molar-refractivity contribution in [2.45, 2.75) is 26.3 Å². The van der Waals surface area contributed by atoms with Gasteiger partial charge in [0.1, 0.15) is 5.75 Å². The molecule has 0 aliphatic carbocycles. The Labute approximate surface area is 107 Å². The smallest absolute Gasteiger partial charge is 0.120 e. The number of phenolic OH excluding ortho intramolecular Hbond substituents is 1. The molecule has 0 saturated carbocycles. The van der Waals surface area contributed by atoms with Crippen LogP contribution in [0.5, 0.6) is 5.75 Å². The van der Waals surface area contributed by atoms with Gasteiger partial charge in [-0.05, 0) is 19.9 Å². The van der Waals surface area contributed by atoms with E-state index in [9.17, 15) is 5.11 Å². The van der Waals surface area contributed by atoms with Gasteiger partial charge in [0.15, 0.2) is 0 Å². The minimum atomic E-state index is 0.132. The van der Waals surface area contributed by atoms with Crippen LogP contribution in [0.3, 0.4) is 0 Å². The standard InChI is InChI=1S/C14H19N3O/c1-10-3-4-14(18)13(7-10)11(2)16-6-5-12-8-15-9-17-12/h3-4,7-9,11,16,18H,5-6H2,1-2H3,(H,15,17). The molecule has 0 radical (unpaired) electrons. The summed E-state index contributed by atoms with van der Waals surface area (Å²) in [6.45, 7) is 4.93. The van der Waals surface area contributed by atoms with Crippen molar-refractivity contribution >= 4 is 0 Å². The maximum atomic E-state index is 9.83. The summed E-state index contributed by atoms with van der Waals surface area (Å²) in [5.74, 6) is 0.349. The van der Waals surface area contributed by atoms with E-state index in [-0.39, 0.29) is 6.04 Å². The number of imidazole rings is 1. The van der Waals surface area contributed by atoms with Gasteiger partial charge >= 0.3 is 0 Å². The van der Waals surface area contributed by atoms with Crippen LogP contribution in [0.2, 0.25) is 0 Å². The number of aryl methyl sites for hydroxylation is 1. The predicted molar refractivity (Wildman–Crippen MR) is 71.6 cm³/mol. The van der Waals surface area contributed by atoms with Crippen LogP contribution in [0.1, 0.15) is 29.8 Å². The summed E-state index contributed by atoms with van der Waals surface area (Å²) in [7, 11) is 0. The van der Waals surface area contributed by atoms with Crippen molar-refractivity contribution in [3.05, 3.63) is 47.5 Å². The summed E-state index contributed by atoms with van der Waals surface area (Å²) in [6.07, 6.45) is 4.42. The number of aromatic nitrogens is 2. The minimum absolute atomic E-state index is 0.132. The first-order chi connectivity index (χ1) is 8.66. The van der Waals surface area contributed by atoms with Crippen LogP contribution < -0.4 is 5.32 Å². The van der Waals surface area contributed by atoms with Crippen LogP contribution in [-0.2, 0) is 6.42 Å². The first-order valence-corrected chi connectivity index (χ1v) is 6.17. The zero-order valence-electron chi connectivity index (χ0n) is 10.8. The maximum absolute atomic E-state index is 9.83. The number of aromatic hydroxyl groups is 1. The molecule has 96 valence electrons. The molecule has 0 amide bonds. The highest BCUT2D eigenvalue weighted by atomic mass is 16.3. The Morgan fingerprint density at radius 1 is 1.44 bits per heavy atom. The van der Waals surface area contributed by atoms with E-state index in [0.29, 0.717) is 5.75 Å². The Bertz CT molecular complexity index is 494. The van der Waals surface area contributed by atoms with Crippen LogP contribution in [0, 0.1) is 6.92 Å². The first-order valence-electron chi connectivity index (χ1n) is 6.17. The molecule has 1 heterocycles. The molecular formula is C14H19N3O. The quantitative estimate of drug-likeness (QED) is 0.757. The van der Waals surface area contributed by atoms with Gasteiger partial charge in [-0.1, -0.05) is 17.7 Å². The molecule has 3 N–H and O–H groups in total. The van der Waals surface area contributed by atoms with E-state index in [1.165, 1.54) is 0 Å². The summed E-state index contributed by atoms with van der Waals surface area (Å²) in [5, 5.41) is 13.2. The zero-order valence-corrected chi connectivity index (χ0v) is 10.8. The number of hydrogen-bond acceptors (Lipinski definition) is 3. The molecule has 1 atom stereocenters. The lowest BCUT2D eigenvalue weighted by molar-refractivity contribution is 0.453. The van der Waals surface area contributed by atoms with Crippen LogP contribution in [0.15, 0.2) is 30.7 Å². The van der Waals surface area contributed by atoms with Gasteiger partial charge in [0.25, 0.3) is 0 Å². The second-order valence-corrected chi connectivity index (χ2v) is 4.56. The van der Waals surface area contributed by atoms with Gasteiger partial charge in [0.05, 0.1) is 6.33 Å². The van der Waals surface area contributed by atoms with Crippen molar-refractivity contribution in [1.29, 1.82) is 0 Å². The number of nitrogens with one attached hydrogen (secondary N) is 2. The molecule has 1 aromatic carbocycles. The topological polar surface area (TPSA) is 60.9 Å². The summed E-state index contributed by atoms with van der Waals surface area (Å²) in [6, 6.07) is 5.81. The Balaban J connectivity index is 1.91. The number of phenols is 1. The highest BCUT2D eigenvalue weighted by molar-refractivity contribution is 5.37. The molecule has 2 aromatic rings. The van der Waals surface area contributed by atoms with E-state index in [4.69, 9.17) is 0 Å². The highest BCUT2D eigenvalue weighted by Crippen LogP contribution is 2.24. The molecule has 0 fully saturated rings. The van der Waals surface area contributed by atoms with Gasteiger partial charge in [0, 0.05) is 36.5 Å². The number of H-pyrrole nitrogens is 1. The zero-order chi connectivity index (χ0) is 13.0. The minimum Gasteiger partial charge on any atom is -0.508 e. The van der Waals surface area contributed by atoms with E-state index in [1.807, 2.05) is 25.3 Å². The van der Waals surface area contributed by atoms with Crippen molar-refractivity contribution in [2.75, 3.05) is 6.54 Å². The van der Waals surface area contributed by atoms with Crippen LogP contribution in [0.4, 0.5) is 0 Å². The lowest BCUT2D eigenvalue weighted by atomic mass is 10.0. The SMILES string of the molecule is Cc1ccc(O)c(C(C)NCCc2cnc[nH]2)c1. The number of aromatic amines is 1. The lowest BCUT2D eigenvalue weighted by Crippen LogP contribution is -2.21. The van der Waals surface area contributed by atoms with Gasteiger partial charge in [-0.15, -0.1) is 0 Å². The molecule has 4 heteroatoms. The Hall–Kier alpha value is -1.81. The Morgan fingerprint density at radius 2 is 2.28 bits per heavy atom. The third-order valence-electron chi connectivity index (χ3n) is 3.05.